The van der Waals surface area contributed by atoms with Gasteiger partial charge in [-0.25, -0.2) is 0 Å². The molecule has 2 heterocycles. The van der Waals surface area contributed by atoms with E-state index in [9.17, 15) is 0 Å². The SMILES string of the molecule is CCC(C)n1ccc(CNC(C)c2cccnc2)n1. The van der Waals surface area contributed by atoms with Crippen molar-refractivity contribution in [1.82, 2.24) is 20.1 Å². The van der Waals surface area contributed by atoms with E-state index >= 15 is 0 Å². The Kier molecular flexibility index (Phi) is 4.68. The highest BCUT2D eigenvalue weighted by Gasteiger charge is 2.07. The quantitative estimate of drug-likeness (QED) is 0.865. The average molecular weight is 258 g/mol. The summed E-state index contributed by atoms with van der Waals surface area (Å²) in [6, 6.07) is 6.87. The molecule has 0 aliphatic heterocycles. The minimum atomic E-state index is 0.280. The van der Waals surface area contributed by atoms with Gasteiger partial charge in [0.1, 0.15) is 0 Å². The molecule has 0 saturated heterocycles. The van der Waals surface area contributed by atoms with Gasteiger partial charge in [0.15, 0.2) is 0 Å². The molecular formula is C15H22N4. The van der Waals surface area contributed by atoms with Crippen LogP contribution in [0, 0.1) is 0 Å². The number of pyridine rings is 1. The molecule has 102 valence electrons. The van der Waals surface area contributed by atoms with E-state index in [4.69, 9.17) is 0 Å². The van der Waals surface area contributed by atoms with Crippen molar-refractivity contribution in [3.05, 3.63) is 48.0 Å². The Bertz CT molecular complexity index is 492. The lowest BCUT2D eigenvalue weighted by Gasteiger charge is -2.13. The van der Waals surface area contributed by atoms with Gasteiger partial charge >= 0.3 is 0 Å². The molecule has 0 aliphatic rings. The third-order valence-corrected chi connectivity index (χ3v) is 3.48. The normalized spacial score (nSPS) is 14.3. The molecule has 0 amide bonds. The topological polar surface area (TPSA) is 42.7 Å². The minimum absolute atomic E-state index is 0.280. The van der Waals surface area contributed by atoms with Crippen molar-refractivity contribution in [2.45, 2.75) is 45.8 Å². The van der Waals surface area contributed by atoms with Gasteiger partial charge in [-0.2, -0.15) is 5.10 Å². The van der Waals surface area contributed by atoms with E-state index in [-0.39, 0.29) is 6.04 Å². The Hall–Kier alpha value is -1.68. The van der Waals surface area contributed by atoms with Crippen LogP contribution in [-0.4, -0.2) is 14.8 Å². The first-order valence-corrected chi connectivity index (χ1v) is 6.88. The maximum atomic E-state index is 4.59. The first kappa shape index (κ1) is 13.7. The van der Waals surface area contributed by atoms with Crippen LogP contribution in [0.2, 0.25) is 0 Å². The number of hydrogen-bond acceptors (Lipinski definition) is 3. The summed E-state index contributed by atoms with van der Waals surface area (Å²) in [6.45, 7) is 7.28. The molecule has 2 unspecified atom stereocenters. The maximum absolute atomic E-state index is 4.59. The zero-order valence-electron chi connectivity index (χ0n) is 11.9. The van der Waals surface area contributed by atoms with Gasteiger partial charge in [0.2, 0.25) is 0 Å². The van der Waals surface area contributed by atoms with Crippen LogP contribution in [0.15, 0.2) is 36.8 Å². The third-order valence-electron chi connectivity index (χ3n) is 3.48. The highest BCUT2D eigenvalue weighted by Crippen LogP contribution is 2.12. The second-order valence-corrected chi connectivity index (χ2v) is 4.93. The van der Waals surface area contributed by atoms with Gasteiger partial charge < -0.3 is 5.32 Å². The molecule has 2 aromatic heterocycles. The van der Waals surface area contributed by atoms with Gasteiger partial charge in [-0.3, -0.25) is 9.67 Å². The molecular weight excluding hydrogens is 236 g/mol. The Morgan fingerprint density at radius 1 is 1.32 bits per heavy atom. The predicted molar refractivity (Wildman–Crippen MR) is 76.7 cm³/mol. The summed E-state index contributed by atoms with van der Waals surface area (Å²) in [6.07, 6.45) is 6.85. The van der Waals surface area contributed by atoms with Crippen molar-refractivity contribution in [2.24, 2.45) is 0 Å². The fourth-order valence-corrected chi connectivity index (χ4v) is 1.91. The van der Waals surface area contributed by atoms with Gasteiger partial charge in [0.05, 0.1) is 5.69 Å². The number of rotatable bonds is 6. The predicted octanol–water partition coefficient (Wildman–Crippen LogP) is 3.10. The van der Waals surface area contributed by atoms with E-state index in [1.54, 1.807) is 6.20 Å². The van der Waals surface area contributed by atoms with Crippen molar-refractivity contribution in [1.29, 1.82) is 0 Å². The second kappa shape index (κ2) is 6.48. The van der Waals surface area contributed by atoms with Crippen molar-refractivity contribution >= 4 is 0 Å². The monoisotopic (exact) mass is 258 g/mol. The molecule has 0 spiro atoms. The second-order valence-electron chi connectivity index (χ2n) is 4.93. The van der Waals surface area contributed by atoms with Crippen molar-refractivity contribution < 1.29 is 0 Å². The van der Waals surface area contributed by atoms with Crippen LogP contribution in [0.1, 0.15) is 50.5 Å². The standard InChI is InChI=1S/C15H22N4/c1-4-12(2)19-9-7-15(18-19)11-17-13(3)14-6-5-8-16-10-14/h5-10,12-13,17H,4,11H2,1-3H3. The largest absolute Gasteiger partial charge is 0.304 e. The smallest absolute Gasteiger partial charge is 0.0762 e. The summed E-state index contributed by atoms with van der Waals surface area (Å²) in [7, 11) is 0. The summed E-state index contributed by atoms with van der Waals surface area (Å²) < 4.78 is 2.03. The van der Waals surface area contributed by atoms with Crippen LogP contribution in [0.5, 0.6) is 0 Å². The lowest BCUT2D eigenvalue weighted by molar-refractivity contribution is 0.468. The van der Waals surface area contributed by atoms with E-state index < -0.39 is 0 Å². The molecule has 2 atom stereocenters. The zero-order valence-corrected chi connectivity index (χ0v) is 11.9. The Morgan fingerprint density at radius 2 is 2.16 bits per heavy atom. The van der Waals surface area contributed by atoms with Gasteiger partial charge in [0.25, 0.3) is 0 Å². The summed E-state index contributed by atoms with van der Waals surface area (Å²) in [4.78, 5) is 4.14. The van der Waals surface area contributed by atoms with Gasteiger partial charge in [0, 0.05) is 37.2 Å². The number of aromatic nitrogens is 3. The van der Waals surface area contributed by atoms with Crippen molar-refractivity contribution in [2.75, 3.05) is 0 Å². The van der Waals surface area contributed by atoms with Crippen LogP contribution < -0.4 is 5.32 Å². The van der Waals surface area contributed by atoms with Crippen LogP contribution >= 0.6 is 0 Å². The highest BCUT2D eigenvalue weighted by atomic mass is 15.3. The fraction of sp³-hybridized carbons (Fsp3) is 0.467. The third kappa shape index (κ3) is 3.64. The van der Waals surface area contributed by atoms with Crippen molar-refractivity contribution in [3.63, 3.8) is 0 Å². The summed E-state index contributed by atoms with van der Waals surface area (Å²) in [5.41, 5.74) is 2.28. The summed E-state index contributed by atoms with van der Waals surface area (Å²) in [5, 5.41) is 8.05. The van der Waals surface area contributed by atoms with E-state index in [0.29, 0.717) is 6.04 Å². The fourth-order valence-electron chi connectivity index (χ4n) is 1.91. The molecule has 1 N–H and O–H groups in total. The van der Waals surface area contributed by atoms with E-state index in [2.05, 4.69) is 54.5 Å². The Balaban J connectivity index is 1.90. The van der Waals surface area contributed by atoms with Crippen molar-refractivity contribution in [3.8, 4) is 0 Å². The van der Waals surface area contributed by atoms with Crippen LogP contribution in [0.25, 0.3) is 0 Å². The van der Waals surface area contributed by atoms with Crippen LogP contribution in [0.4, 0.5) is 0 Å². The first-order chi connectivity index (χ1) is 9.20. The minimum Gasteiger partial charge on any atom is -0.304 e. The number of nitrogens with zero attached hydrogens (tertiary/aromatic N) is 3. The Labute approximate surface area is 114 Å². The Morgan fingerprint density at radius 3 is 2.84 bits per heavy atom. The van der Waals surface area contributed by atoms with Crippen LogP contribution in [-0.2, 0) is 6.54 Å². The molecule has 0 fully saturated rings. The summed E-state index contributed by atoms with van der Waals surface area (Å²) in [5.74, 6) is 0. The van der Waals surface area contributed by atoms with E-state index in [1.165, 1.54) is 5.56 Å². The first-order valence-electron chi connectivity index (χ1n) is 6.88. The number of hydrogen-bond donors (Lipinski definition) is 1. The number of nitrogens with one attached hydrogen (secondary N) is 1. The molecule has 0 bridgehead atoms. The lowest BCUT2D eigenvalue weighted by Crippen LogP contribution is -2.18. The molecule has 4 heteroatoms. The van der Waals surface area contributed by atoms with Gasteiger partial charge in [-0.1, -0.05) is 13.0 Å². The van der Waals surface area contributed by atoms with Crippen LogP contribution in [0.3, 0.4) is 0 Å². The summed E-state index contributed by atoms with van der Waals surface area (Å²) >= 11 is 0. The van der Waals surface area contributed by atoms with E-state index in [0.717, 1.165) is 18.7 Å². The van der Waals surface area contributed by atoms with Gasteiger partial charge in [-0.15, -0.1) is 0 Å². The highest BCUT2D eigenvalue weighted by molar-refractivity contribution is 5.13. The maximum Gasteiger partial charge on any atom is 0.0762 e. The molecule has 4 nitrogen and oxygen atoms in total. The van der Waals surface area contributed by atoms with Gasteiger partial charge in [-0.05, 0) is 38.0 Å². The average Bonchev–Trinajstić information content (AvgIpc) is 2.93. The molecule has 0 saturated carbocycles. The molecule has 0 radical (unpaired) electrons. The zero-order chi connectivity index (χ0) is 13.7. The molecule has 0 aromatic carbocycles. The molecule has 19 heavy (non-hydrogen) atoms. The van der Waals surface area contributed by atoms with E-state index in [1.807, 2.05) is 16.9 Å². The molecule has 0 aliphatic carbocycles. The molecule has 2 aromatic rings. The molecule has 2 rings (SSSR count). The lowest BCUT2D eigenvalue weighted by atomic mass is 10.1.